The molecule has 0 saturated heterocycles. The molecule has 28 heavy (non-hydrogen) atoms. The molecule has 1 atom stereocenters. The summed E-state index contributed by atoms with van der Waals surface area (Å²) in [6.45, 7) is 6.07. The van der Waals surface area contributed by atoms with Gasteiger partial charge in [0, 0.05) is 6.42 Å². The maximum atomic E-state index is 9.89. The van der Waals surface area contributed by atoms with Gasteiger partial charge in [0.15, 0.2) is 5.57 Å². The van der Waals surface area contributed by atoms with Crippen molar-refractivity contribution in [2.45, 2.75) is 32.7 Å². The number of nitrogens with zero attached hydrogens (tertiary/aromatic N) is 3. The third-order valence-corrected chi connectivity index (χ3v) is 5.09. The number of hydrogen-bond acceptors (Lipinski definition) is 4. The van der Waals surface area contributed by atoms with Gasteiger partial charge in [0.05, 0.1) is 16.8 Å². The smallest absolute Gasteiger partial charge is 0.154 e. The monoisotopic (exact) mass is 364 g/mol. The lowest BCUT2D eigenvalue weighted by molar-refractivity contribution is 0.406. The molecular formula is C24H20N4. The predicted molar refractivity (Wildman–Crippen MR) is 108 cm³/mol. The zero-order valence-electron chi connectivity index (χ0n) is 16.2. The van der Waals surface area contributed by atoms with Crippen molar-refractivity contribution in [3.8, 4) is 18.2 Å². The Balaban J connectivity index is 2.31. The Labute approximate surface area is 165 Å². The summed E-state index contributed by atoms with van der Waals surface area (Å²) in [7, 11) is 0. The molecule has 0 saturated carbocycles. The van der Waals surface area contributed by atoms with E-state index in [0.29, 0.717) is 17.7 Å². The lowest BCUT2D eigenvalue weighted by atomic mass is 9.77. The third kappa shape index (κ3) is 3.39. The molecule has 4 nitrogen and oxygen atoms in total. The van der Waals surface area contributed by atoms with E-state index in [-0.39, 0.29) is 5.57 Å². The molecule has 0 aliphatic carbocycles. The van der Waals surface area contributed by atoms with Crippen molar-refractivity contribution in [2.24, 2.45) is 0 Å². The van der Waals surface area contributed by atoms with E-state index in [1.54, 1.807) is 0 Å². The number of hydrogen-bond donors (Lipinski definition) is 1. The predicted octanol–water partition coefficient (Wildman–Crippen LogP) is 4.79. The molecule has 1 aliphatic heterocycles. The Morgan fingerprint density at radius 2 is 1.61 bits per heavy atom. The fourth-order valence-electron chi connectivity index (χ4n) is 3.66. The van der Waals surface area contributed by atoms with Gasteiger partial charge >= 0.3 is 0 Å². The van der Waals surface area contributed by atoms with Crippen LogP contribution in [0.25, 0.3) is 5.57 Å². The minimum atomic E-state index is -0.556. The van der Waals surface area contributed by atoms with Gasteiger partial charge in [-0.25, -0.2) is 0 Å². The molecule has 0 bridgehead atoms. The van der Waals surface area contributed by atoms with Crippen molar-refractivity contribution in [3.05, 3.63) is 87.6 Å². The van der Waals surface area contributed by atoms with E-state index in [4.69, 9.17) is 0 Å². The Morgan fingerprint density at radius 1 is 0.964 bits per heavy atom. The largest absolute Gasteiger partial charge is 0.373 e. The Kier molecular flexibility index (Phi) is 5.04. The summed E-state index contributed by atoms with van der Waals surface area (Å²) in [6, 6.07) is 22.2. The highest BCUT2D eigenvalue weighted by Crippen LogP contribution is 2.42. The molecule has 3 rings (SSSR count). The summed E-state index contributed by atoms with van der Waals surface area (Å²) in [5.74, 6) is 0. The summed E-state index contributed by atoms with van der Waals surface area (Å²) in [5, 5.41) is 32.2. The van der Waals surface area contributed by atoms with Crippen molar-refractivity contribution < 1.29 is 0 Å². The quantitative estimate of drug-likeness (QED) is 0.777. The lowest BCUT2D eigenvalue weighted by Crippen LogP contribution is -2.43. The first-order valence-corrected chi connectivity index (χ1v) is 9.02. The highest BCUT2D eigenvalue weighted by atomic mass is 15.0. The second kappa shape index (κ2) is 7.43. The molecule has 1 aliphatic rings. The molecule has 136 valence electrons. The van der Waals surface area contributed by atoms with E-state index in [1.165, 1.54) is 0 Å². The molecule has 1 heterocycles. The van der Waals surface area contributed by atoms with Crippen LogP contribution in [0.15, 0.2) is 65.4 Å². The minimum Gasteiger partial charge on any atom is -0.373 e. The van der Waals surface area contributed by atoms with E-state index in [0.717, 1.165) is 27.8 Å². The molecule has 0 amide bonds. The van der Waals surface area contributed by atoms with Crippen LogP contribution in [0.4, 0.5) is 0 Å². The highest BCUT2D eigenvalue weighted by molar-refractivity contribution is 5.80. The fraction of sp³-hybridized carbons (Fsp3) is 0.208. The van der Waals surface area contributed by atoms with Crippen molar-refractivity contribution in [1.82, 2.24) is 5.32 Å². The number of rotatable bonds is 2. The van der Waals surface area contributed by atoms with E-state index in [9.17, 15) is 15.8 Å². The molecule has 2 aromatic carbocycles. The van der Waals surface area contributed by atoms with Gasteiger partial charge in [0.2, 0.25) is 0 Å². The van der Waals surface area contributed by atoms with Crippen LogP contribution in [-0.4, -0.2) is 0 Å². The van der Waals surface area contributed by atoms with E-state index in [1.807, 2.05) is 75.4 Å². The standard InChI is InChI=1S/C24H20N4/c1-16-6-4-8-18(10-16)21-12-24(3,20-9-5-7-17(2)11-20)28-23(22(21)15-27)19(13-25)14-26/h4-11,28H,12H2,1-3H3. The van der Waals surface area contributed by atoms with E-state index >= 15 is 0 Å². The van der Waals surface area contributed by atoms with Gasteiger partial charge < -0.3 is 5.32 Å². The van der Waals surface area contributed by atoms with Gasteiger partial charge in [-0.15, -0.1) is 0 Å². The maximum Gasteiger partial charge on any atom is 0.154 e. The Bertz CT molecular complexity index is 1120. The molecule has 0 spiro atoms. The molecule has 0 fully saturated rings. The molecule has 4 heteroatoms. The van der Waals surface area contributed by atoms with Gasteiger partial charge in [-0.3, -0.25) is 0 Å². The third-order valence-electron chi connectivity index (χ3n) is 5.09. The SMILES string of the molecule is Cc1cccc(C2=C(C#N)C(=C(C#N)C#N)NC(C)(c3cccc(C)c3)C2)c1. The van der Waals surface area contributed by atoms with Crippen molar-refractivity contribution >= 4 is 5.57 Å². The second-order valence-electron chi connectivity index (χ2n) is 7.31. The number of nitrogens with one attached hydrogen (secondary N) is 1. The zero-order valence-corrected chi connectivity index (χ0v) is 16.2. The zero-order chi connectivity index (χ0) is 20.3. The average molecular weight is 364 g/mol. The Morgan fingerprint density at radius 3 is 2.18 bits per heavy atom. The van der Waals surface area contributed by atoms with Gasteiger partial charge in [0.25, 0.3) is 0 Å². The number of allylic oxidation sites excluding steroid dienone is 2. The number of benzene rings is 2. The number of nitriles is 3. The van der Waals surface area contributed by atoms with Crippen LogP contribution in [0.5, 0.6) is 0 Å². The van der Waals surface area contributed by atoms with Crippen LogP contribution in [-0.2, 0) is 5.54 Å². The van der Waals surface area contributed by atoms with Gasteiger partial charge in [-0.2, -0.15) is 15.8 Å². The second-order valence-corrected chi connectivity index (χ2v) is 7.31. The first kappa shape index (κ1) is 19.0. The number of aryl methyl sites for hydroxylation is 2. The normalized spacial score (nSPS) is 18.5. The molecule has 1 unspecified atom stereocenters. The van der Waals surface area contributed by atoms with Crippen LogP contribution in [0.2, 0.25) is 0 Å². The summed E-state index contributed by atoms with van der Waals surface area (Å²) in [5.41, 5.74) is 5.05. The van der Waals surface area contributed by atoms with E-state index in [2.05, 4.69) is 17.5 Å². The maximum absolute atomic E-state index is 9.89. The molecule has 1 N–H and O–H groups in total. The van der Waals surface area contributed by atoms with Crippen LogP contribution in [0.3, 0.4) is 0 Å². The lowest BCUT2D eigenvalue weighted by Gasteiger charge is -2.39. The summed E-state index contributed by atoms with van der Waals surface area (Å²) in [6.07, 6.45) is 0.566. The summed E-state index contributed by atoms with van der Waals surface area (Å²) >= 11 is 0. The summed E-state index contributed by atoms with van der Waals surface area (Å²) < 4.78 is 0. The topological polar surface area (TPSA) is 83.4 Å². The first-order valence-electron chi connectivity index (χ1n) is 9.02. The average Bonchev–Trinajstić information content (AvgIpc) is 2.68. The molecule has 2 aromatic rings. The minimum absolute atomic E-state index is 0.0831. The Hall–Kier alpha value is -3.81. The van der Waals surface area contributed by atoms with Gasteiger partial charge in [-0.1, -0.05) is 59.7 Å². The van der Waals surface area contributed by atoms with Crippen LogP contribution < -0.4 is 5.32 Å². The molecule has 0 aromatic heterocycles. The van der Waals surface area contributed by atoms with Crippen molar-refractivity contribution in [1.29, 1.82) is 15.8 Å². The van der Waals surface area contributed by atoms with Crippen LogP contribution in [0.1, 0.15) is 35.6 Å². The van der Waals surface area contributed by atoms with Crippen LogP contribution >= 0.6 is 0 Å². The van der Waals surface area contributed by atoms with Gasteiger partial charge in [0.1, 0.15) is 18.2 Å². The molecule has 0 radical (unpaired) electrons. The summed E-state index contributed by atoms with van der Waals surface area (Å²) in [4.78, 5) is 0. The van der Waals surface area contributed by atoms with Crippen molar-refractivity contribution in [3.63, 3.8) is 0 Å². The van der Waals surface area contributed by atoms with Gasteiger partial charge in [-0.05, 0) is 37.5 Å². The first-order chi connectivity index (χ1) is 13.4. The van der Waals surface area contributed by atoms with Crippen molar-refractivity contribution in [2.75, 3.05) is 0 Å². The highest BCUT2D eigenvalue weighted by Gasteiger charge is 2.37. The fourth-order valence-corrected chi connectivity index (χ4v) is 3.66. The van der Waals surface area contributed by atoms with Crippen LogP contribution in [0, 0.1) is 47.8 Å². The van der Waals surface area contributed by atoms with E-state index < -0.39 is 5.54 Å². The molecular weight excluding hydrogens is 344 g/mol.